The van der Waals surface area contributed by atoms with Crippen LogP contribution in [0.2, 0.25) is 0 Å². The first-order valence-corrected chi connectivity index (χ1v) is 5.23. The minimum absolute atomic E-state index is 0.0278. The largest absolute Gasteiger partial charge is 0.480 e. The average Bonchev–Trinajstić information content (AvgIpc) is 2.25. The van der Waals surface area contributed by atoms with Crippen molar-refractivity contribution in [1.29, 1.82) is 0 Å². The highest BCUT2D eigenvalue weighted by Crippen LogP contribution is 2.23. The molecule has 16 heavy (non-hydrogen) atoms. The average molecular weight is 231 g/mol. The van der Waals surface area contributed by atoms with Gasteiger partial charge in [-0.2, -0.15) is 0 Å². The quantitative estimate of drug-likeness (QED) is 0.743. The number of carbonyl (C=O) groups excluding carboxylic acids is 1. The van der Waals surface area contributed by atoms with Gasteiger partial charge in [-0.25, -0.2) is 9.59 Å². The van der Waals surface area contributed by atoms with Crippen molar-refractivity contribution in [3.05, 3.63) is 0 Å². The molecular weight excluding hydrogens is 214 g/mol. The first kappa shape index (κ1) is 12.8. The molecule has 1 fully saturated rings. The van der Waals surface area contributed by atoms with Gasteiger partial charge in [0.25, 0.3) is 0 Å². The van der Waals surface area contributed by atoms with Gasteiger partial charge in [0.1, 0.15) is 6.04 Å². The lowest BCUT2D eigenvalue weighted by atomic mass is 9.89. The van der Waals surface area contributed by atoms with Gasteiger partial charge >= 0.3 is 12.1 Å². The molecule has 0 aromatic heterocycles. The molecule has 0 aromatic carbocycles. The number of carboxylic acids is 1. The highest BCUT2D eigenvalue weighted by molar-refractivity contribution is 5.80. The summed E-state index contributed by atoms with van der Waals surface area (Å²) in [6, 6.07) is -0.904. The van der Waals surface area contributed by atoms with Crippen LogP contribution in [0.4, 0.5) is 4.79 Å². The Morgan fingerprint density at radius 3 is 2.75 bits per heavy atom. The summed E-state index contributed by atoms with van der Waals surface area (Å²) < 4.78 is 9.74. The molecule has 0 bridgehead atoms. The first-order chi connectivity index (χ1) is 7.54. The van der Waals surface area contributed by atoms with Crippen molar-refractivity contribution in [1.82, 2.24) is 5.32 Å². The number of alkyl carbamates (subject to hydrolysis) is 1. The zero-order valence-electron chi connectivity index (χ0n) is 9.43. The van der Waals surface area contributed by atoms with Gasteiger partial charge in [-0.1, -0.05) is 0 Å². The summed E-state index contributed by atoms with van der Waals surface area (Å²) in [4.78, 5) is 22.1. The van der Waals surface area contributed by atoms with E-state index in [0.29, 0.717) is 19.4 Å². The van der Waals surface area contributed by atoms with Gasteiger partial charge < -0.3 is 19.9 Å². The molecule has 0 spiro atoms. The van der Waals surface area contributed by atoms with Crippen molar-refractivity contribution < 1.29 is 24.2 Å². The van der Waals surface area contributed by atoms with Gasteiger partial charge in [0, 0.05) is 6.61 Å². The Kier molecular flexibility index (Phi) is 4.54. The van der Waals surface area contributed by atoms with E-state index in [1.165, 1.54) is 7.11 Å². The fraction of sp³-hybridized carbons (Fsp3) is 0.800. The van der Waals surface area contributed by atoms with Crippen LogP contribution in [-0.2, 0) is 14.3 Å². The van der Waals surface area contributed by atoms with E-state index < -0.39 is 18.1 Å². The van der Waals surface area contributed by atoms with Crippen molar-refractivity contribution in [3.63, 3.8) is 0 Å². The zero-order valence-corrected chi connectivity index (χ0v) is 9.43. The van der Waals surface area contributed by atoms with Gasteiger partial charge in [0.2, 0.25) is 0 Å². The standard InChI is InChI=1S/C10H17NO5/c1-6-5-7(3-4-16-6)8(9(12)13)11-10(14)15-2/h6-8H,3-5H2,1-2H3,(H,11,14)(H,12,13)/t6-,7+,8?/m0/s1. The smallest absolute Gasteiger partial charge is 0.407 e. The minimum atomic E-state index is -1.04. The molecule has 3 atom stereocenters. The van der Waals surface area contributed by atoms with Crippen LogP contribution in [0.15, 0.2) is 0 Å². The van der Waals surface area contributed by atoms with Gasteiger partial charge in [-0.05, 0) is 25.7 Å². The van der Waals surface area contributed by atoms with Crippen LogP contribution < -0.4 is 5.32 Å². The summed E-state index contributed by atoms with van der Waals surface area (Å²) in [5, 5.41) is 11.4. The highest BCUT2D eigenvalue weighted by Gasteiger charge is 2.33. The Morgan fingerprint density at radius 2 is 2.25 bits per heavy atom. The molecule has 1 aliphatic rings. The van der Waals surface area contributed by atoms with Crippen LogP contribution in [0.3, 0.4) is 0 Å². The van der Waals surface area contributed by atoms with Crippen LogP contribution in [0.1, 0.15) is 19.8 Å². The lowest BCUT2D eigenvalue weighted by Gasteiger charge is -2.31. The molecule has 1 unspecified atom stereocenters. The maximum absolute atomic E-state index is 11.0. The Bertz CT molecular complexity index is 268. The first-order valence-electron chi connectivity index (χ1n) is 5.23. The molecule has 6 nitrogen and oxygen atoms in total. The molecule has 1 aliphatic heterocycles. The molecule has 1 heterocycles. The molecule has 92 valence electrons. The van der Waals surface area contributed by atoms with Crippen LogP contribution in [-0.4, -0.2) is 43.0 Å². The monoisotopic (exact) mass is 231 g/mol. The second-order valence-corrected chi connectivity index (χ2v) is 3.92. The Morgan fingerprint density at radius 1 is 1.56 bits per heavy atom. The van der Waals surface area contributed by atoms with Crippen molar-refractivity contribution in [2.75, 3.05) is 13.7 Å². The van der Waals surface area contributed by atoms with E-state index in [1.54, 1.807) is 0 Å². The molecule has 0 aliphatic carbocycles. The Hall–Kier alpha value is -1.30. The van der Waals surface area contributed by atoms with E-state index in [1.807, 2.05) is 6.92 Å². The molecule has 0 radical (unpaired) electrons. The summed E-state index contributed by atoms with van der Waals surface area (Å²) in [5.74, 6) is -1.15. The molecule has 1 amide bonds. The molecule has 1 rings (SSSR count). The summed E-state index contributed by atoms with van der Waals surface area (Å²) in [6.07, 6.45) is 0.568. The summed E-state index contributed by atoms with van der Waals surface area (Å²) in [7, 11) is 1.21. The lowest BCUT2D eigenvalue weighted by molar-refractivity contribution is -0.142. The molecule has 0 aromatic rings. The van der Waals surface area contributed by atoms with E-state index in [9.17, 15) is 9.59 Å². The normalized spacial score (nSPS) is 26.9. The van der Waals surface area contributed by atoms with E-state index >= 15 is 0 Å². The predicted octanol–water partition coefficient (Wildman–Crippen LogP) is 0.611. The number of carbonyl (C=O) groups is 2. The van der Waals surface area contributed by atoms with Crippen LogP contribution >= 0.6 is 0 Å². The van der Waals surface area contributed by atoms with E-state index in [-0.39, 0.29) is 12.0 Å². The second kappa shape index (κ2) is 5.69. The number of hydrogen-bond donors (Lipinski definition) is 2. The van der Waals surface area contributed by atoms with Gasteiger partial charge in [-0.15, -0.1) is 0 Å². The van der Waals surface area contributed by atoms with Crippen LogP contribution in [0.5, 0.6) is 0 Å². The number of nitrogens with one attached hydrogen (secondary N) is 1. The number of carboxylic acid groups (broad SMARTS) is 1. The van der Waals surface area contributed by atoms with E-state index in [0.717, 1.165) is 0 Å². The summed E-state index contributed by atoms with van der Waals surface area (Å²) >= 11 is 0. The van der Waals surface area contributed by atoms with E-state index in [2.05, 4.69) is 10.1 Å². The third kappa shape index (κ3) is 3.37. The van der Waals surface area contributed by atoms with Gasteiger partial charge in [-0.3, -0.25) is 0 Å². The maximum atomic E-state index is 11.0. The zero-order chi connectivity index (χ0) is 12.1. The van der Waals surface area contributed by atoms with Crippen molar-refractivity contribution >= 4 is 12.1 Å². The SMILES string of the molecule is COC(=O)NC(C(=O)O)[C@@H]1CCO[C@@H](C)C1. The second-order valence-electron chi connectivity index (χ2n) is 3.92. The Labute approximate surface area is 93.9 Å². The molecule has 2 N–H and O–H groups in total. The van der Waals surface area contributed by atoms with E-state index in [4.69, 9.17) is 9.84 Å². The molecule has 1 saturated heterocycles. The molecule has 0 saturated carbocycles. The van der Waals surface area contributed by atoms with Crippen molar-refractivity contribution in [2.45, 2.75) is 31.9 Å². The number of ether oxygens (including phenoxy) is 2. The van der Waals surface area contributed by atoms with Crippen LogP contribution in [0, 0.1) is 5.92 Å². The summed E-state index contributed by atoms with van der Waals surface area (Å²) in [5.41, 5.74) is 0. The topological polar surface area (TPSA) is 84.9 Å². The lowest BCUT2D eigenvalue weighted by Crippen LogP contribution is -2.48. The maximum Gasteiger partial charge on any atom is 0.407 e. The number of methoxy groups -OCH3 is 1. The fourth-order valence-electron chi connectivity index (χ4n) is 1.90. The third-order valence-electron chi connectivity index (χ3n) is 2.72. The van der Waals surface area contributed by atoms with Gasteiger partial charge in [0.15, 0.2) is 0 Å². The number of amides is 1. The fourth-order valence-corrected chi connectivity index (χ4v) is 1.90. The minimum Gasteiger partial charge on any atom is -0.480 e. The highest BCUT2D eigenvalue weighted by atomic mass is 16.5. The molecular formula is C10H17NO5. The summed E-state index contributed by atoms with van der Waals surface area (Å²) in [6.45, 7) is 2.42. The third-order valence-corrected chi connectivity index (χ3v) is 2.72. The van der Waals surface area contributed by atoms with Crippen LogP contribution in [0.25, 0.3) is 0 Å². The van der Waals surface area contributed by atoms with Crippen molar-refractivity contribution in [3.8, 4) is 0 Å². The Balaban J connectivity index is 2.61. The van der Waals surface area contributed by atoms with Crippen molar-refractivity contribution in [2.24, 2.45) is 5.92 Å². The number of rotatable bonds is 3. The predicted molar refractivity (Wildman–Crippen MR) is 55.1 cm³/mol. The molecule has 6 heteroatoms. The van der Waals surface area contributed by atoms with Gasteiger partial charge in [0.05, 0.1) is 13.2 Å². The number of aliphatic carboxylic acids is 1. The number of hydrogen-bond acceptors (Lipinski definition) is 4.